The summed E-state index contributed by atoms with van der Waals surface area (Å²) in [6, 6.07) is 12.7. The van der Waals surface area contributed by atoms with Gasteiger partial charge in [-0.3, -0.25) is 9.69 Å². The molecule has 1 amide bonds. The number of hydrogen-bond acceptors (Lipinski definition) is 4. The molecule has 3 rings (SSSR count). The summed E-state index contributed by atoms with van der Waals surface area (Å²) in [5.74, 6) is 0.626. The first-order valence-corrected chi connectivity index (χ1v) is 9.85. The van der Waals surface area contributed by atoms with Crippen molar-refractivity contribution in [2.45, 2.75) is 19.1 Å². The summed E-state index contributed by atoms with van der Waals surface area (Å²) < 4.78 is 44.2. The first kappa shape index (κ1) is 22.0. The molecule has 2 aromatic carbocycles. The molecule has 1 N–H and O–H groups in total. The lowest BCUT2D eigenvalue weighted by molar-refractivity contribution is -0.137. The second-order valence-electron chi connectivity index (χ2n) is 7.34. The van der Waals surface area contributed by atoms with Crippen molar-refractivity contribution in [3.05, 3.63) is 59.7 Å². The van der Waals surface area contributed by atoms with Crippen LogP contribution in [0, 0.1) is 0 Å². The molecule has 1 unspecified atom stereocenters. The Kier molecular flexibility index (Phi) is 6.87. The maximum absolute atomic E-state index is 12.9. The summed E-state index contributed by atoms with van der Waals surface area (Å²) in [4.78, 5) is 16.4. The monoisotopic (exact) mass is 421 g/mol. The van der Waals surface area contributed by atoms with Crippen LogP contribution in [0.4, 0.5) is 18.9 Å². The molecule has 0 bridgehead atoms. The van der Waals surface area contributed by atoms with Crippen LogP contribution in [0.25, 0.3) is 0 Å². The Labute approximate surface area is 174 Å². The number of hydrogen-bond donors (Lipinski definition) is 1. The summed E-state index contributed by atoms with van der Waals surface area (Å²) in [5, 5.41) is 2.99. The number of piperazine rings is 1. The Morgan fingerprint density at radius 3 is 2.47 bits per heavy atom. The topological polar surface area (TPSA) is 44.8 Å². The number of alkyl halides is 3. The number of carbonyl (C=O) groups excluding carboxylic acids is 1. The molecule has 162 valence electrons. The lowest BCUT2D eigenvalue weighted by Crippen LogP contribution is -2.49. The van der Waals surface area contributed by atoms with E-state index in [9.17, 15) is 18.0 Å². The van der Waals surface area contributed by atoms with Gasteiger partial charge in [-0.05, 0) is 31.2 Å². The molecule has 30 heavy (non-hydrogen) atoms. The lowest BCUT2D eigenvalue weighted by Gasteiger charge is -2.36. The van der Waals surface area contributed by atoms with E-state index in [-0.39, 0.29) is 18.5 Å². The number of nitrogens with zero attached hydrogens (tertiary/aromatic N) is 2. The Morgan fingerprint density at radius 2 is 1.80 bits per heavy atom. The third kappa shape index (κ3) is 5.44. The van der Waals surface area contributed by atoms with Gasteiger partial charge < -0.3 is 15.0 Å². The number of nitrogens with one attached hydrogen (secondary N) is 1. The van der Waals surface area contributed by atoms with Crippen LogP contribution in [0.2, 0.25) is 0 Å². The van der Waals surface area contributed by atoms with Gasteiger partial charge in [-0.25, -0.2) is 0 Å². The molecule has 1 aliphatic heterocycles. The standard InChI is InChI=1S/C22H26F3N3O2/c1-16(19-8-3-4-9-20(19)30-2)26-21(29)15-27-10-12-28(13-11-27)18-7-5-6-17(14-18)22(23,24)25/h3-9,14,16H,10-13,15H2,1-2H3,(H,26,29). The van der Waals surface area contributed by atoms with Crippen LogP contribution >= 0.6 is 0 Å². The first-order valence-electron chi connectivity index (χ1n) is 9.85. The van der Waals surface area contributed by atoms with Gasteiger partial charge in [0.2, 0.25) is 5.91 Å². The quantitative estimate of drug-likeness (QED) is 0.773. The van der Waals surface area contributed by atoms with E-state index in [0.717, 1.165) is 17.4 Å². The minimum Gasteiger partial charge on any atom is -0.496 e. The third-order valence-electron chi connectivity index (χ3n) is 5.26. The number of amides is 1. The number of halogens is 3. The van der Waals surface area contributed by atoms with Crippen molar-refractivity contribution < 1.29 is 22.7 Å². The number of ether oxygens (including phenoxy) is 1. The smallest absolute Gasteiger partial charge is 0.416 e. The fourth-order valence-electron chi connectivity index (χ4n) is 3.64. The van der Waals surface area contributed by atoms with E-state index < -0.39 is 11.7 Å². The summed E-state index contributed by atoms with van der Waals surface area (Å²) in [7, 11) is 1.59. The molecule has 1 aliphatic rings. The zero-order chi connectivity index (χ0) is 21.7. The molecule has 2 aromatic rings. The van der Waals surface area contributed by atoms with E-state index in [4.69, 9.17) is 4.74 Å². The van der Waals surface area contributed by atoms with Crippen molar-refractivity contribution in [2.24, 2.45) is 0 Å². The number of anilines is 1. The van der Waals surface area contributed by atoms with Gasteiger partial charge in [-0.2, -0.15) is 13.2 Å². The zero-order valence-electron chi connectivity index (χ0n) is 17.1. The SMILES string of the molecule is COc1ccccc1C(C)NC(=O)CN1CCN(c2cccc(C(F)(F)F)c2)CC1. The highest BCUT2D eigenvalue weighted by molar-refractivity contribution is 5.78. The van der Waals surface area contributed by atoms with E-state index >= 15 is 0 Å². The fraction of sp³-hybridized carbons (Fsp3) is 0.409. The Hall–Kier alpha value is -2.74. The minimum absolute atomic E-state index is 0.0964. The summed E-state index contributed by atoms with van der Waals surface area (Å²) in [6.07, 6.45) is -4.35. The molecule has 0 saturated carbocycles. The fourth-order valence-corrected chi connectivity index (χ4v) is 3.64. The van der Waals surface area contributed by atoms with Gasteiger partial charge >= 0.3 is 6.18 Å². The van der Waals surface area contributed by atoms with E-state index in [1.807, 2.05) is 41.0 Å². The molecule has 1 atom stereocenters. The van der Waals surface area contributed by atoms with Crippen molar-refractivity contribution in [3.63, 3.8) is 0 Å². The van der Waals surface area contributed by atoms with Gasteiger partial charge in [-0.1, -0.05) is 24.3 Å². The first-order chi connectivity index (χ1) is 14.3. The number of carbonyl (C=O) groups is 1. The number of benzene rings is 2. The molecule has 0 aliphatic carbocycles. The number of rotatable bonds is 6. The van der Waals surface area contributed by atoms with Gasteiger partial charge in [0, 0.05) is 37.4 Å². The van der Waals surface area contributed by atoms with Crippen molar-refractivity contribution >= 4 is 11.6 Å². The summed E-state index contributed by atoms with van der Waals surface area (Å²) in [6.45, 7) is 4.49. The van der Waals surface area contributed by atoms with Crippen LogP contribution in [-0.4, -0.2) is 50.6 Å². The van der Waals surface area contributed by atoms with Crippen molar-refractivity contribution in [1.29, 1.82) is 0 Å². The molecule has 1 saturated heterocycles. The number of para-hydroxylation sites is 1. The average molecular weight is 421 g/mol. The Balaban J connectivity index is 1.52. The predicted octanol–water partition coefficient (Wildman–Crippen LogP) is 3.71. The highest BCUT2D eigenvalue weighted by Crippen LogP contribution is 2.32. The van der Waals surface area contributed by atoms with Crippen LogP contribution < -0.4 is 15.0 Å². The second kappa shape index (κ2) is 9.38. The van der Waals surface area contributed by atoms with Crippen LogP contribution in [0.15, 0.2) is 48.5 Å². The van der Waals surface area contributed by atoms with Crippen molar-refractivity contribution in [1.82, 2.24) is 10.2 Å². The lowest BCUT2D eigenvalue weighted by atomic mass is 10.1. The van der Waals surface area contributed by atoms with Gasteiger partial charge in [-0.15, -0.1) is 0 Å². The van der Waals surface area contributed by atoms with E-state index in [0.29, 0.717) is 31.9 Å². The Bertz CT molecular complexity index is 865. The molecule has 0 aromatic heterocycles. The van der Waals surface area contributed by atoms with E-state index in [1.165, 1.54) is 12.1 Å². The third-order valence-corrected chi connectivity index (χ3v) is 5.26. The molecular weight excluding hydrogens is 395 g/mol. The van der Waals surface area contributed by atoms with Gasteiger partial charge in [0.1, 0.15) is 5.75 Å². The second-order valence-corrected chi connectivity index (χ2v) is 7.34. The number of methoxy groups -OCH3 is 1. The van der Waals surface area contributed by atoms with Crippen LogP contribution in [-0.2, 0) is 11.0 Å². The van der Waals surface area contributed by atoms with Gasteiger partial charge in [0.05, 0.1) is 25.3 Å². The maximum atomic E-state index is 12.9. The zero-order valence-corrected chi connectivity index (χ0v) is 17.1. The van der Waals surface area contributed by atoms with Crippen LogP contribution in [0.3, 0.4) is 0 Å². The Morgan fingerprint density at radius 1 is 1.10 bits per heavy atom. The highest BCUT2D eigenvalue weighted by Gasteiger charge is 2.31. The molecule has 0 spiro atoms. The van der Waals surface area contributed by atoms with Crippen LogP contribution in [0.5, 0.6) is 5.75 Å². The summed E-state index contributed by atoms with van der Waals surface area (Å²) >= 11 is 0. The largest absolute Gasteiger partial charge is 0.496 e. The van der Waals surface area contributed by atoms with Gasteiger partial charge in [0.15, 0.2) is 0 Å². The van der Waals surface area contributed by atoms with E-state index in [2.05, 4.69) is 5.32 Å². The van der Waals surface area contributed by atoms with Crippen LogP contribution in [0.1, 0.15) is 24.1 Å². The molecule has 5 nitrogen and oxygen atoms in total. The normalized spacial score (nSPS) is 16.2. The summed E-state index contributed by atoms with van der Waals surface area (Å²) in [5.41, 5.74) is 0.813. The van der Waals surface area contributed by atoms with E-state index in [1.54, 1.807) is 13.2 Å². The average Bonchev–Trinajstić information content (AvgIpc) is 2.73. The highest BCUT2D eigenvalue weighted by atomic mass is 19.4. The molecule has 1 fully saturated rings. The van der Waals surface area contributed by atoms with Gasteiger partial charge in [0.25, 0.3) is 0 Å². The molecule has 0 radical (unpaired) electrons. The molecule has 1 heterocycles. The van der Waals surface area contributed by atoms with Crippen molar-refractivity contribution in [3.8, 4) is 5.75 Å². The predicted molar refractivity (Wildman–Crippen MR) is 110 cm³/mol. The minimum atomic E-state index is -4.35. The molecular formula is C22H26F3N3O2. The molecule has 8 heteroatoms. The maximum Gasteiger partial charge on any atom is 0.416 e. The van der Waals surface area contributed by atoms with Crippen molar-refractivity contribution in [2.75, 3.05) is 44.7 Å².